The van der Waals surface area contributed by atoms with E-state index < -0.39 is 0 Å². The van der Waals surface area contributed by atoms with Gasteiger partial charge in [0.05, 0.1) is 0 Å². The van der Waals surface area contributed by atoms with E-state index in [1.165, 1.54) is 5.56 Å². The number of fused-ring (bicyclic) bond motifs is 1. The highest BCUT2D eigenvalue weighted by atomic mass is 16.1. The Kier molecular flexibility index (Phi) is 2.25. The molecule has 1 aliphatic rings. The lowest BCUT2D eigenvalue weighted by atomic mass is 9.95. The van der Waals surface area contributed by atoms with Gasteiger partial charge in [-0.3, -0.25) is 4.79 Å². The van der Waals surface area contributed by atoms with E-state index in [0.717, 1.165) is 17.7 Å². The van der Waals surface area contributed by atoms with Crippen LogP contribution in [0.25, 0.3) is 0 Å². The Morgan fingerprint density at radius 1 is 1.57 bits per heavy atom. The van der Waals surface area contributed by atoms with E-state index in [1.807, 2.05) is 12.1 Å². The van der Waals surface area contributed by atoms with Crippen LogP contribution in [-0.2, 0) is 11.2 Å². The van der Waals surface area contributed by atoms with Crippen LogP contribution in [0.1, 0.15) is 30.5 Å². The highest BCUT2D eigenvalue weighted by Crippen LogP contribution is 2.29. The summed E-state index contributed by atoms with van der Waals surface area (Å²) in [7, 11) is 0. The van der Waals surface area contributed by atoms with Crippen LogP contribution in [0.5, 0.6) is 0 Å². The third-order valence-corrected chi connectivity index (χ3v) is 2.60. The van der Waals surface area contributed by atoms with Gasteiger partial charge in [0.25, 0.3) is 0 Å². The fourth-order valence-electron chi connectivity index (χ4n) is 1.76. The summed E-state index contributed by atoms with van der Waals surface area (Å²) in [6.07, 6.45) is 1.38. The minimum Gasteiger partial charge on any atom is -0.326 e. The fourth-order valence-corrected chi connectivity index (χ4v) is 1.76. The Bertz CT molecular complexity index is 374. The van der Waals surface area contributed by atoms with Gasteiger partial charge < -0.3 is 11.1 Å². The summed E-state index contributed by atoms with van der Waals surface area (Å²) in [4.78, 5) is 11.2. The molecule has 0 spiro atoms. The molecular weight excluding hydrogens is 176 g/mol. The number of aryl methyl sites for hydroxylation is 1. The van der Waals surface area contributed by atoms with Crippen LogP contribution in [0, 0.1) is 0 Å². The van der Waals surface area contributed by atoms with Crippen LogP contribution >= 0.6 is 0 Å². The lowest BCUT2D eigenvalue weighted by Crippen LogP contribution is -2.27. The van der Waals surface area contributed by atoms with Crippen LogP contribution in [-0.4, -0.2) is 5.91 Å². The summed E-state index contributed by atoms with van der Waals surface area (Å²) < 4.78 is 0. The molecule has 74 valence electrons. The van der Waals surface area contributed by atoms with Crippen molar-refractivity contribution >= 4 is 11.6 Å². The Hall–Kier alpha value is -1.35. The molecule has 1 atom stereocenters. The van der Waals surface area contributed by atoms with Gasteiger partial charge in [-0.25, -0.2) is 0 Å². The van der Waals surface area contributed by atoms with Gasteiger partial charge in [0.2, 0.25) is 5.91 Å². The lowest BCUT2D eigenvalue weighted by Gasteiger charge is -2.23. The van der Waals surface area contributed by atoms with Gasteiger partial charge in [-0.15, -0.1) is 0 Å². The molecule has 3 heteroatoms. The standard InChI is InChI=1S/C11H14N2O/c1-2-7-3-4-10-8(5-7)9(12)6-11(14)13-10/h3-5,9H,2,6,12H2,1H3,(H,13,14). The van der Waals surface area contributed by atoms with Crippen molar-refractivity contribution in [1.29, 1.82) is 0 Å². The SMILES string of the molecule is CCc1ccc2c(c1)C(N)CC(=O)N2. The van der Waals surface area contributed by atoms with E-state index in [-0.39, 0.29) is 11.9 Å². The van der Waals surface area contributed by atoms with Crippen molar-refractivity contribution in [3.63, 3.8) is 0 Å². The highest BCUT2D eigenvalue weighted by molar-refractivity contribution is 5.94. The predicted octanol–water partition coefficient (Wildman–Crippen LogP) is 1.59. The average Bonchev–Trinajstić information content (AvgIpc) is 2.17. The number of nitrogens with one attached hydrogen (secondary N) is 1. The third-order valence-electron chi connectivity index (χ3n) is 2.60. The maximum Gasteiger partial charge on any atom is 0.226 e. The number of nitrogens with two attached hydrogens (primary N) is 1. The minimum atomic E-state index is -0.148. The van der Waals surface area contributed by atoms with Gasteiger partial charge in [0.15, 0.2) is 0 Å². The molecule has 1 unspecified atom stereocenters. The van der Waals surface area contributed by atoms with E-state index in [0.29, 0.717) is 6.42 Å². The fraction of sp³-hybridized carbons (Fsp3) is 0.364. The number of carbonyl (C=O) groups is 1. The Morgan fingerprint density at radius 2 is 2.36 bits per heavy atom. The summed E-state index contributed by atoms with van der Waals surface area (Å²) in [5, 5.41) is 2.82. The number of hydrogen-bond acceptors (Lipinski definition) is 2. The average molecular weight is 190 g/mol. The molecule has 1 aromatic carbocycles. The second-order valence-electron chi connectivity index (χ2n) is 3.63. The maximum absolute atomic E-state index is 11.2. The zero-order valence-corrected chi connectivity index (χ0v) is 8.21. The zero-order chi connectivity index (χ0) is 10.1. The van der Waals surface area contributed by atoms with Crippen molar-refractivity contribution in [2.45, 2.75) is 25.8 Å². The van der Waals surface area contributed by atoms with E-state index in [4.69, 9.17) is 5.73 Å². The van der Waals surface area contributed by atoms with Crippen LogP contribution in [0.2, 0.25) is 0 Å². The molecular formula is C11H14N2O. The van der Waals surface area contributed by atoms with Crippen LogP contribution in [0.4, 0.5) is 5.69 Å². The summed E-state index contributed by atoms with van der Waals surface area (Å²) in [6.45, 7) is 2.11. The van der Waals surface area contributed by atoms with Crippen molar-refractivity contribution in [2.75, 3.05) is 5.32 Å². The molecule has 3 N–H and O–H groups in total. The quantitative estimate of drug-likeness (QED) is 0.706. The largest absolute Gasteiger partial charge is 0.326 e. The van der Waals surface area contributed by atoms with Gasteiger partial charge in [-0.2, -0.15) is 0 Å². The van der Waals surface area contributed by atoms with E-state index in [9.17, 15) is 4.79 Å². The molecule has 1 amide bonds. The van der Waals surface area contributed by atoms with Crippen molar-refractivity contribution in [3.05, 3.63) is 29.3 Å². The zero-order valence-electron chi connectivity index (χ0n) is 8.21. The van der Waals surface area contributed by atoms with E-state index in [2.05, 4.69) is 18.3 Å². The molecule has 0 bridgehead atoms. The Labute approximate surface area is 83.3 Å². The van der Waals surface area contributed by atoms with E-state index in [1.54, 1.807) is 0 Å². The number of carbonyl (C=O) groups excluding carboxylic acids is 1. The molecule has 3 nitrogen and oxygen atoms in total. The molecule has 0 fully saturated rings. The molecule has 0 saturated carbocycles. The highest BCUT2D eigenvalue weighted by Gasteiger charge is 2.21. The molecule has 0 aliphatic carbocycles. The van der Waals surface area contributed by atoms with Gasteiger partial charge in [-0.1, -0.05) is 19.1 Å². The first-order valence-electron chi connectivity index (χ1n) is 4.89. The van der Waals surface area contributed by atoms with Crippen molar-refractivity contribution < 1.29 is 4.79 Å². The number of amides is 1. The monoisotopic (exact) mass is 190 g/mol. The topological polar surface area (TPSA) is 55.1 Å². The summed E-state index contributed by atoms with van der Waals surface area (Å²) in [5.41, 5.74) is 9.08. The summed E-state index contributed by atoms with van der Waals surface area (Å²) in [5.74, 6) is 0.00856. The second-order valence-corrected chi connectivity index (χ2v) is 3.63. The molecule has 1 aliphatic heterocycles. The maximum atomic E-state index is 11.2. The van der Waals surface area contributed by atoms with Gasteiger partial charge in [0, 0.05) is 18.2 Å². The summed E-state index contributed by atoms with van der Waals surface area (Å²) >= 11 is 0. The third kappa shape index (κ3) is 1.51. The predicted molar refractivity (Wildman–Crippen MR) is 56.0 cm³/mol. The Morgan fingerprint density at radius 3 is 3.07 bits per heavy atom. The first-order valence-corrected chi connectivity index (χ1v) is 4.89. The van der Waals surface area contributed by atoms with Gasteiger partial charge in [-0.05, 0) is 23.6 Å². The molecule has 0 saturated heterocycles. The molecule has 14 heavy (non-hydrogen) atoms. The normalized spacial score (nSPS) is 20.1. The Balaban J connectivity index is 2.44. The van der Waals surface area contributed by atoms with Crippen LogP contribution in [0.3, 0.4) is 0 Å². The van der Waals surface area contributed by atoms with Crippen molar-refractivity contribution in [3.8, 4) is 0 Å². The summed E-state index contributed by atoms with van der Waals surface area (Å²) in [6, 6.07) is 5.90. The van der Waals surface area contributed by atoms with Crippen LogP contribution in [0.15, 0.2) is 18.2 Å². The minimum absolute atomic E-state index is 0.00856. The molecule has 0 aromatic heterocycles. The second kappa shape index (κ2) is 3.42. The van der Waals surface area contributed by atoms with Crippen molar-refractivity contribution in [1.82, 2.24) is 0 Å². The van der Waals surface area contributed by atoms with Gasteiger partial charge >= 0.3 is 0 Å². The first-order chi connectivity index (χ1) is 6.70. The number of benzene rings is 1. The number of anilines is 1. The molecule has 1 aromatic rings. The smallest absolute Gasteiger partial charge is 0.226 e. The molecule has 2 rings (SSSR count). The van der Waals surface area contributed by atoms with E-state index >= 15 is 0 Å². The van der Waals surface area contributed by atoms with Gasteiger partial charge in [0.1, 0.15) is 0 Å². The first kappa shape index (κ1) is 9.21. The molecule has 1 heterocycles. The van der Waals surface area contributed by atoms with Crippen LogP contribution < -0.4 is 11.1 Å². The number of rotatable bonds is 1. The number of hydrogen-bond donors (Lipinski definition) is 2. The molecule has 0 radical (unpaired) electrons. The lowest BCUT2D eigenvalue weighted by molar-refractivity contribution is -0.116. The van der Waals surface area contributed by atoms with Crippen molar-refractivity contribution in [2.24, 2.45) is 5.73 Å².